The molecule has 42 heavy (non-hydrogen) atoms. The Morgan fingerprint density at radius 3 is 2.52 bits per heavy atom. The Hall–Kier alpha value is -3.43. The van der Waals surface area contributed by atoms with E-state index in [4.69, 9.17) is 27.5 Å². The second-order valence-electron chi connectivity index (χ2n) is 11.9. The van der Waals surface area contributed by atoms with Crippen LogP contribution in [0, 0.1) is 17.2 Å². The van der Waals surface area contributed by atoms with E-state index in [1.165, 1.54) is 16.9 Å². The Kier molecular flexibility index (Phi) is 10.3. The van der Waals surface area contributed by atoms with Gasteiger partial charge in [-0.25, -0.2) is 9.69 Å². The topological polar surface area (TPSA) is 129 Å². The Morgan fingerprint density at radius 2 is 1.90 bits per heavy atom. The van der Waals surface area contributed by atoms with Crippen LogP contribution in [-0.4, -0.2) is 59.4 Å². The number of carbonyl (C=O) groups is 3. The molecule has 2 aromatic rings. The first kappa shape index (κ1) is 31.5. The monoisotopic (exact) mass is 595 g/mol. The van der Waals surface area contributed by atoms with Gasteiger partial charge in [-0.3, -0.25) is 19.9 Å². The summed E-state index contributed by atoms with van der Waals surface area (Å²) in [6.07, 6.45) is 3.73. The average molecular weight is 596 g/mol. The molecule has 9 nitrogen and oxygen atoms in total. The van der Waals surface area contributed by atoms with Gasteiger partial charge >= 0.3 is 6.09 Å². The summed E-state index contributed by atoms with van der Waals surface area (Å²) in [7, 11) is 1.26. The van der Waals surface area contributed by atoms with Gasteiger partial charge in [0.05, 0.1) is 13.2 Å². The molecule has 226 valence electrons. The fourth-order valence-electron chi connectivity index (χ4n) is 5.93. The van der Waals surface area contributed by atoms with Crippen LogP contribution < -0.4 is 11.1 Å². The molecule has 0 spiro atoms. The van der Waals surface area contributed by atoms with Crippen molar-refractivity contribution in [2.24, 2.45) is 17.6 Å². The largest absolute Gasteiger partial charge is 0.452 e. The minimum absolute atomic E-state index is 0.0627. The minimum Gasteiger partial charge on any atom is -0.452 e. The lowest BCUT2D eigenvalue weighted by molar-refractivity contribution is -0.134. The lowest BCUT2D eigenvalue weighted by Gasteiger charge is -2.32. The highest BCUT2D eigenvalue weighted by atomic mass is 35.5. The highest BCUT2D eigenvalue weighted by Gasteiger charge is 2.50. The average Bonchev–Trinajstić information content (AvgIpc) is 3.74. The van der Waals surface area contributed by atoms with E-state index in [0.29, 0.717) is 36.6 Å². The molecule has 2 unspecified atom stereocenters. The summed E-state index contributed by atoms with van der Waals surface area (Å²) in [6, 6.07) is 15.3. The molecule has 2 aliphatic rings. The zero-order chi connectivity index (χ0) is 30.4. The molecular weight excluding hydrogens is 554 g/mol. The standard InChI is InChI=1S/C32H42ClN5O4/c1-21(2)20-32(24-10-5-4-6-11-24)29(40)37(30(35)36-32)16-8-13-26(18-22-14-15-22)38(31(41)42-3)28(39)27(34)19-23-9-7-12-25(33)17-23/h4-7,9-12,17,21-22,26-27H,8,13-16,18-20,34H2,1-3H3,(H2,35,36)/t26?,27-,32?/m0/s1. The number of ether oxygens (including phenoxy) is 1. The van der Waals surface area contributed by atoms with E-state index in [0.717, 1.165) is 24.0 Å². The third kappa shape index (κ3) is 7.31. The first-order valence-corrected chi connectivity index (χ1v) is 15.1. The number of hydrogen-bond donors (Lipinski definition) is 3. The minimum atomic E-state index is -0.999. The van der Waals surface area contributed by atoms with Gasteiger partial charge in [0.1, 0.15) is 5.54 Å². The van der Waals surface area contributed by atoms with E-state index in [-0.39, 0.29) is 30.8 Å². The summed E-state index contributed by atoms with van der Waals surface area (Å²) < 4.78 is 5.04. The van der Waals surface area contributed by atoms with Gasteiger partial charge in [0.2, 0.25) is 5.91 Å². The van der Waals surface area contributed by atoms with Crippen molar-refractivity contribution in [3.05, 3.63) is 70.7 Å². The van der Waals surface area contributed by atoms with Gasteiger partial charge in [-0.2, -0.15) is 0 Å². The van der Waals surface area contributed by atoms with Crippen LogP contribution in [0.15, 0.2) is 54.6 Å². The van der Waals surface area contributed by atoms with Crippen LogP contribution >= 0.6 is 11.6 Å². The predicted molar refractivity (Wildman–Crippen MR) is 163 cm³/mol. The molecule has 10 heteroatoms. The van der Waals surface area contributed by atoms with Gasteiger partial charge < -0.3 is 15.8 Å². The number of hydrogen-bond acceptors (Lipinski definition) is 6. The van der Waals surface area contributed by atoms with E-state index < -0.39 is 29.6 Å². The molecule has 0 aromatic heterocycles. The second-order valence-corrected chi connectivity index (χ2v) is 12.3. The predicted octanol–water partition coefficient (Wildman–Crippen LogP) is 5.06. The lowest BCUT2D eigenvalue weighted by atomic mass is 9.82. The Bertz CT molecular complexity index is 1280. The molecule has 0 radical (unpaired) electrons. The molecule has 2 fully saturated rings. The third-order valence-electron chi connectivity index (χ3n) is 8.05. The molecule has 1 aliphatic carbocycles. The molecule has 1 heterocycles. The highest BCUT2D eigenvalue weighted by molar-refractivity contribution is 6.30. The van der Waals surface area contributed by atoms with Crippen LogP contribution in [0.5, 0.6) is 0 Å². The van der Waals surface area contributed by atoms with Crippen molar-refractivity contribution in [1.82, 2.24) is 15.1 Å². The van der Waals surface area contributed by atoms with Gasteiger partial charge in [-0.15, -0.1) is 0 Å². The molecule has 3 atom stereocenters. The van der Waals surface area contributed by atoms with Gasteiger partial charge in [0.25, 0.3) is 5.91 Å². The summed E-state index contributed by atoms with van der Waals surface area (Å²) in [5.74, 6) is 0.0415. The third-order valence-corrected chi connectivity index (χ3v) is 8.29. The quantitative estimate of drug-likeness (QED) is 0.297. The fraction of sp³-hybridized carbons (Fsp3) is 0.500. The number of carbonyl (C=O) groups excluding carboxylic acids is 3. The molecular formula is C32H42ClN5O4. The van der Waals surface area contributed by atoms with Crippen molar-refractivity contribution < 1.29 is 19.1 Å². The molecule has 1 saturated carbocycles. The van der Waals surface area contributed by atoms with Crippen LogP contribution in [0.25, 0.3) is 0 Å². The highest BCUT2D eigenvalue weighted by Crippen LogP contribution is 2.37. The van der Waals surface area contributed by atoms with E-state index in [2.05, 4.69) is 19.2 Å². The first-order chi connectivity index (χ1) is 20.1. The van der Waals surface area contributed by atoms with E-state index >= 15 is 0 Å². The molecule has 4 rings (SSSR count). The summed E-state index contributed by atoms with van der Waals surface area (Å²) in [5, 5.41) is 12.4. The molecule has 1 saturated heterocycles. The molecule has 0 bridgehead atoms. The zero-order valence-corrected chi connectivity index (χ0v) is 25.4. The van der Waals surface area contributed by atoms with Crippen molar-refractivity contribution >= 4 is 35.5 Å². The van der Waals surface area contributed by atoms with Crippen LogP contribution in [0.4, 0.5) is 4.79 Å². The number of methoxy groups -OCH3 is 1. The summed E-state index contributed by atoms with van der Waals surface area (Å²) in [5.41, 5.74) is 6.97. The van der Waals surface area contributed by atoms with E-state index in [1.807, 2.05) is 36.4 Å². The fourth-order valence-corrected chi connectivity index (χ4v) is 6.14. The van der Waals surface area contributed by atoms with Gasteiger partial charge in [0, 0.05) is 17.6 Å². The number of benzene rings is 2. The number of guanidine groups is 1. The molecule has 1 aliphatic heterocycles. The maximum Gasteiger partial charge on any atom is 0.416 e. The van der Waals surface area contributed by atoms with Crippen molar-refractivity contribution in [2.75, 3.05) is 13.7 Å². The summed E-state index contributed by atoms with van der Waals surface area (Å²) >= 11 is 6.11. The van der Waals surface area contributed by atoms with Gasteiger partial charge in [-0.05, 0) is 67.2 Å². The Morgan fingerprint density at radius 1 is 1.19 bits per heavy atom. The number of nitrogens with zero attached hydrogens (tertiary/aromatic N) is 2. The Labute approximate surface area is 253 Å². The smallest absolute Gasteiger partial charge is 0.416 e. The molecule has 2 aromatic carbocycles. The first-order valence-electron chi connectivity index (χ1n) is 14.7. The number of imide groups is 1. The van der Waals surface area contributed by atoms with E-state index in [1.54, 1.807) is 18.2 Å². The van der Waals surface area contributed by atoms with Crippen molar-refractivity contribution in [1.29, 1.82) is 5.41 Å². The van der Waals surface area contributed by atoms with Crippen molar-refractivity contribution in [3.63, 3.8) is 0 Å². The normalized spacial score (nSPS) is 19.9. The van der Waals surface area contributed by atoms with Gasteiger partial charge in [0.15, 0.2) is 5.96 Å². The maximum atomic E-state index is 13.9. The van der Waals surface area contributed by atoms with E-state index in [9.17, 15) is 14.4 Å². The number of rotatable bonds is 13. The number of nitrogens with one attached hydrogen (secondary N) is 2. The SMILES string of the molecule is COC(=O)N(C(=O)[C@@H](N)Cc1cccc(Cl)c1)C(CCCN1C(=N)NC(CC(C)C)(c2ccccc2)C1=O)CC1CC1. The van der Waals surface area contributed by atoms with Crippen molar-refractivity contribution in [3.8, 4) is 0 Å². The van der Waals surface area contributed by atoms with Crippen LogP contribution in [0.2, 0.25) is 5.02 Å². The second kappa shape index (κ2) is 13.7. The maximum absolute atomic E-state index is 13.9. The zero-order valence-electron chi connectivity index (χ0n) is 24.6. The van der Waals surface area contributed by atoms with Gasteiger partial charge in [-0.1, -0.05) is 80.8 Å². The summed E-state index contributed by atoms with van der Waals surface area (Å²) in [4.78, 5) is 43.1. The van der Waals surface area contributed by atoms with Crippen LogP contribution in [-0.2, 0) is 26.3 Å². The van der Waals surface area contributed by atoms with Crippen LogP contribution in [0.3, 0.4) is 0 Å². The van der Waals surface area contributed by atoms with Crippen LogP contribution in [0.1, 0.15) is 63.5 Å². The molecule has 4 N–H and O–H groups in total. The lowest BCUT2D eigenvalue weighted by Crippen LogP contribution is -2.52. The number of halogens is 1. The molecule has 3 amide bonds. The number of amides is 3. The summed E-state index contributed by atoms with van der Waals surface area (Å²) in [6.45, 7) is 4.41. The Balaban J connectivity index is 1.48. The number of nitrogens with two attached hydrogens (primary N) is 1. The van der Waals surface area contributed by atoms with Crippen molar-refractivity contribution in [2.45, 2.75) is 76.4 Å².